The number of aryl methyl sites for hydroxylation is 2. The Kier molecular flexibility index (Phi) is 12.5. The summed E-state index contributed by atoms with van der Waals surface area (Å²) in [6.07, 6.45) is -0.0353. The molecular weight excluding hydrogens is 622 g/mol. The van der Waals surface area contributed by atoms with Gasteiger partial charge in [-0.1, -0.05) is 104 Å². The lowest BCUT2D eigenvalue weighted by Crippen LogP contribution is -2.47. The average Bonchev–Trinajstić information content (AvgIpc) is 3.72. The summed E-state index contributed by atoms with van der Waals surface area (Å²) in [5, 5.41) is 9.78. The van der Waals surface area contributed by atoms with Crippen molar-refractivity contribution in [3.8, 4) is 11.1 Å². The summed E-state index contributed by atoms with van der Waals surface area (Å²) in [4.78, 5) is 42.2. The minimum absolute atomic E-state index is 0.0451. The minimum atomic E-state index is -1.19. The highest BCUT2D eigenvalue weighted by Gasteiger charge is 2.45. The third kappa shape index (κ3) is 9.32. The summed E-state index contributed by atoms with van der Waals surface area (Å²) < 4.78 is 23.2. The zero-order valence-electron chi connectivity index (χ0n) is 28.4. The summed E-state index contributed by atoms with van der Waals surface area (Å²) in [5.74, 6) is -1.65. The standard InChI is InChI=1S/C40H45NO8/c1-27(2)35-26-48-40(45)41(35)39(44)34(21-29-13-6-4-7-14-29)38(43)37-22-33(31-17-10-12-28(3)20-31)36(49-37)18-11-19-46-25-32(23-42)47-24-30-15-8-5-9-16-30/h4-10,12-17,20,22,27,32,34-35,42H,11,18-19,21,23-26H2,1-3H3. The van der Waals surface area contributed by atoms with Crippen LogP contribution >= 0.6 is 0 Å². The fourth-order valence-electron chi connectivity index (χ4n) is 5.95. The van der Waals surface area contributed by atoms with Gasteiger partial charge in [0.25, 0.3) is 0 Å². The van der Waals surface area contributed by atoms with Crippen molar-refractivity contribution in [1.82, 2.24) is 4.90 Å². The van der Waals surface area contributed by atoms with Crippen molar-refractivity contribution in [2.24, 2.45) is 11.8 Å². The molecule has 49 heavy (non-hydrogen) atoms. The molecule has 3 aromatic carbocycles. The Bertz CT molecular complexity index is 1680. The summed E-state index contributed by atoms with van der Waals surface area (Å²) in [6, 6.07) is 28.2. The van der Waals surface area contributed by atoms with Crippen LogP contribution in [0.1, 0.15) is 53.3 Å². The fraction of sp³-hybridized carbons (Fsp3) is 0.375. The number of carbonyl (C=O) groups excluding carboxylic acids is 3. The van der Waals surface area contributed by atoms with E-state index in [2.05, 4.69) is 0 Å². The van der Waals surface area contributed by atoms with E-state index in [9.17, 15) is 19.5 Å². The predicted molar refractivity (Wildman–Crippen MR) is 185 cm³/mol. The van der Waals surface area contributed by atoms with E-state index in [-0.39, 0.29) is 37.9 Å². The van der Waals surface area contributed by atoms with E-state index in [0.717, 1.165) is 32.7 Å². The van der Waals surface area contributed by atoms with Crippen molar-refractivity contribution >= 4 is 17.8 Å². The number of carbonyl (C=O) groups is 3. The first kappa shape index (κ1) is 35.7. The van der Waals surface area contributed by atoms with Crippen LogP contribution in [0.3, 0.4) is 0 Å². The first-order valence-corrected chi connectivity index (χ1v) is 16.9. The van der Waals surface area contributed by atoms with E-state index < -0.39 is 35.8 Å². The molecule has 1 fully saturated rings. The largest absolute Gasteiger partial charge is 0.457 e. The van der Waals surface area contributed by atoms with Crippen LogP contribution < -0.4 is 0 Å². The summed E-state index contributed by atoms with van der Waals surface area (Å²) >= 11 is 0. The van der Waals surface area contributed by atoms with Gasteiger partial charge in [0, 0.05) is 18.6 Å². The fourth-order valence-corrected chi connectivity index (χ4v) is 5.95. The molecule has 9 heteroatoms. The molecule has 1 aromatic heterocycles. The zero-order chi connectivity index (χ0) is 34.8. The molecule has 2 amide bonds. The maximum Gasteiger partial charge on any atom is 0.417 e. The van der Waals surface area contributed by atoms with Crippen LogP contribution in [0.2, 0.25) is 0 Å². The molecular formula is C40H45NO8. The van der Waals surface area contributed by atoms with E-state index >= 15 is 0 Å². The van der Waals surface area contributed by atoms with Gasteiger partial charge in [-0.3, -0.25) is 9.59 Å². The van der Waals surface area contributed by atoms with Crippen LogP contribution in [0.4, 0.5) is 4.79 Å². The second-order valence-corrected chi connectivity index (χ2v) is 12.8. The van der Waals surface area contributed by atoms with Crippen molar-refractivity contribution in [3.05, 3.63) is 119 Å². The van der Waals surface area contributed by atoms with Gasteiger partial charge in [0.2, 0.25) is 11.7 Å². The molecule has 0 aliphatic carbocycles. The smallest absolute Gasteiger partial charge is 0.417 e. The van der Waals surface area contributed by atoms with Crippen molar-refractivity contribution in [2.75, 3.05) is 26.4 Å². The van der Waals surface area contributed by atoms with E-state index in [1.54, 1.807) is 6.07 Å². The molecule has 1 aliphatic rings. The average molecular weight is 668 g/mol. The number of hydrogen-bond acceptors (Lipinski definition) is 8. The molecule has 0 spiro atoms. The van der Waals surface area contributed by atoms with Gasteiger partial charge in [-0.2, -0.15) is 0 Å². The number of ether oxygens (including phenoxy) is 3. The first-order valence-electron chi connectivity index (χ1n) is 16.9. The van der Waals surface area contributed by atoms with Gasteiger partial charge in [0.15, 0.2) is 5.76 Å². The highest BCUT2D eigenvalue weighted by Crippen LogP contribution is 2.32. The number of amides is 2. The summed E-state index contributed by atoms with van der Waals surface area (Å²) in [6.45, 7) is 6.75. The Balaban J connectivity index is 1.33. The molecule has 3 atom stereocenters. The molecule has 2 heterocycles. The number of imide groups is 1. The van der Waals surface area contributed by atoms with Crippen molar-refractivity contribution < 1.29 is 38.1 Å². The summed E-state index contributed by atoms with van der Waals surface area (Å²) in [5.41, 5.74) is 4.51. The quantitative estimate of drug-likeness (QED) is 0.0741. The number of furan rings is 1. The highest BCUT2D eigenvalue weighted by atomic mass is 16.6. The SMILES string of the molecule is Cc1cccc(-c2cc(C(=O)C(Cc3ccccc3)C(=O)N3C(=O)OCC3C(C)C)oc2CCCOCC(CO)OCc2ccccc2)c1. The second kappa shape index (κ2) is 17.2. The van der Waals surface area contributed by atoms with Gasteiger partial charge in [0.1, 0.15) is 24.4 Å². The lowest BCUT2D eigenvalue weighted by molar-refractivity contribution is -0.132. The van der Waals surface area contributed by atoms with Crippen LogP contribution in [0.25, 0.3) is 11.1 Å². The monoisotopic (exact) mass is 667 g/mol. The molecule has 9 nitrogen and oxygen atoms in total. The third-order valence-corrected chi connectivity index (χ3v) is 8.72. The Morgan fingerprint density at radius 2 is 1.67 bits per heavy atom. The van der Waals surface area contributed by atoms with Crippen LogP contribution in [-0.2, 0) is 38.5 Å². The highest BCUT2D eigenvalue weighted by molar-refractivity contribution is 6.12. The van der Waals surface area contributed by atoms with Crippen molar-refractivity contribution in [1.29, 1.82) is 0 Å². The lowest BCUT2D eigenvalue weighted by Gasteiger charge is -2.26. The van der Waals surface area contributed by atoms with Crippen LogP contribution in [0.15, 0.2) is 95.4 Å². The maximum absolute atomic E-state index is 14.3. The first-order chi connectivity index (χ1) is 23.7. The van der Waals surface area contributed by atoms with Gasteiger partial charge in [-0.15, -0.1) is 0 Å². The minimum Gasteiger partial charge on any atom is -0.457 e. The maximum atomic E-state index is 14.3. The molecule has 4 aromatic rings. The molecule has 1 aliphatic heterocycles. The number of benzene rings is 3. The Morgan fingerprint density at radius 1 is 0.959 bits per heavy atom. The summed E-state index contributed by atoms with van der Waals surface area (Å²) in [7, 11) is 0. The second-order valence-electron chi connectivity index (χ2n) is 12.8. The van der Waals surface area contributed by atoms with Gasteiger partial charge >= 0.3 is 6.09 Å². The Hall–Kier alpha value is -4.57. The molecule has 3 unspecified atom stereocenters. The molecule has 1 saturated heterocycles. The van der Waals surface area contributed by atoms with Crippen LogP contribution in [-0.4, -0.2) is 66.4 Å². The number of cyclic esters (lactones) is 1. The number of aliphatic hydroxyl groups excluding tert-OH is 1. The van der Waals surface area contributed by atoms with Crippen molar-refractivity contribution in [2.45, 2.75) is 58.8 Å². The van der Waals surface area contributed by atoms with Crippen LogP contribution in [0.5, 0.6) is 0 Å². The molecule has 0 radical (unpaired) electrons. The van der Waals surface area contributed by atoms with Gasteiger partial charge in [-0.05, 0) is 48.4 Å². The lowest BCUT2D eigenvalue weighted by atomic mass is 9.91. The van der Waals surface area contributed by atoms with E-state index in [1.165, 1.54) is 0 Å². The number of Topliss-reactive ketones (excluding diaryl/α,β-unsaturated/α-hetero) is 1. The molecule has 5 rings (SSSR count). The van der Waals surface area contributed by atoms with Crippen LogP contribution in [0, 0.1) is 18.8 Å². The number of hydrogen-bond donors (Lipinski definition) is 1. The number of ketones is 1. The normalized spacial score (nSPS) is 15.7. The zero-order valence-corrected chi connectivity index (χ0v) is 28.4. The third-order valence-electron chi connectivity index (χ3n) is 8.72. The molecule has 1 N–H and O–H groups in total. The van der Waals surface area contributed by atoms with Gasteiger partial charge < -0.3 is 23.7 Å². The van der Waals surface area contributed by atoms with E-state index in [0.29, 0.717) is 31.8 Å². The predicted octanol–water partition coefficient (Wildman–Crippen LogP) is 6.83. The van der Waals surface area contributed by atoms with Gasteiger partial charge in [-0.25, -0.2) is 9.69 Å². The molecule has 0 saturated carbocycles. The topological polar surface area (TPSA) is 116 Å². The Morgan fingerprint density at radius 3 is 2.35 bits per heavy atom. The Labute approximate surface area is 287 Å². The van der Waals surface area contributed by atoms with Crippen molar-refractivity contribution in [3.63, 3.8) is 0 Å². The number of rotatable bonds is 17. The molecule has 0 bridgehead atoms. The number of aliphatic hydroxyl groups is 1. The molecule has 258 valence electrons. The van der Waals surface area contributed by atoms with Gasteiger partial charge in [0.05, 0.1) is 25.9 Å². The van der Waals surface area contributed by atoms with E-state index in [1.807, 2.05) is 106 Å². The van der Waals surface area contributed by atoms with E-state index in [4.69, 9.17) is 18.6 Å². The number of nitrogens with zero attached hydrogens (tertiary/aromatic N) is 1.